The minimum atomic E-state index is -4.52. The third kappa shape index (κ3) is 6.12. The van der Waals surface area contributed by atoms with E-state index < -0.39 is 29.7 Å². The average Bonchev–Trinajstić information content (AvgIpc) is 2.68. The SMILES string of the molecule is CCOC(=O)C(Cc1cccc(C(F)(F)F)c1)N(C)C(=O)Cc1c(Cl)cccc1Cl. The fourth-order valence-corrected chi connectivity index (χ4v) is 3.40. The van der Waals surface area contributed by atoms with Gasteiger partial charge < -0.3 is 9.64 Å². The molecular weight excluding hydrogens is 442 g/mol. The number of nitrogens with zero attached hydrogens (tertiary/aromatic N) is 1. The molecule has 0 spiro atoms. The number of ether oxygens (including phenoxy) is 1. The number of likely N-dealkylation sites (N-methyl/N-ethyl adjacent to an activating group) is 1. The molecule has 0 saturated heterocycles. The van der Waals surface area contributed by atoms with Crippen molar-refractivity contribution in [3.63, 3.8) is 0 Å². The average molecular weight is 462 g/mol. The van der Waals surface area contributed by atoms with Crippen LogP contribution in [0.25, 0.3) is 0 Å². The third-order valence-electron chi connectivity index (χ3n) is 4.49. The largest absolute Gasteiger partial charge is 0.464 e. The first-order valence-corrected chi connectivity index (χ1v) is 9.81. The number of benzene rings is 2. The molecule has 0 radical (unpaired) electrons. The van der Waals surface area contributed by atoms with Crippen molar-refractivity contribution < 1.29 is 27.5 Å². The first-order chi connectivity index (χ1) is 14.0. The number of amides is 1. The fourth-order valence-electron chi connectivity index (χ4n) is 2.87. The second-order valence-electron chi connectivity index (χ2n) is 6.55. The molecule has 0 aliphatic heterocycles. The summed E-state index contributed by atoms with van der Waals surface area (Å²) < 4.78 is 44.1. The summed E-state index contributed by atoms with van der Waals surface area (Å²) in [5, 5.41) is 0.602. The number of rotatable bonds is 7. The monoisotopic (exact) mass is 461 g/mol. The second-order valence-corrected chi connectivity index (χ2v) is 7.37. The zero-order valence-corrected chi connectivity index (χ0v) is 17.8. The van der Waals surface area contributed by atoms with Gasteiger partial charge in [-0.3, -0.25) is 4.79 Å². The van der Waals surface area contributed by atoms with Crippen LogP contribution in [0, 0.1) is 0 Å². The van der Waals surface area contributed by atoms with Gasteiger partial charge >= 0.3 is 12.1 Å². The molecule has 0 bridgehead atoms. The van der Waals surface area contributed by atoms with Crippen LogP contribution in [-0.4, -0.2) is 36.5 Å². The Bertz CT molecular complexity index is 898. The van der Waals surface area contributed by atoms with Gasteiger partial charge in [-0.05, 0) is 36.2 Å². The summed E-state index contributed by atoms with van der Waals surface area (Å²) in [6.45, 7) is 1.67. The molecule has 1 amide bonds. The van der Waals surface area contributed by atoms with Crippen LogP contribution < -0.4 is 0 Å². The van der Waals surface area contributed by atoms with Crippen LogP contribution in [0.1, 0.15) is 23.6 Å². The first-order valence-electron chi connectivity index (χ1n) is 9.06. The van der Waals surface area contributed by atoms with E-state index in [1.54, 1.807) is 25.1 Å². The van der Waals surface area contributed by atoms with Crippen molar-refractivity contribution in [2.24, 2.45) is 0 Å². The second kappa shape index (κ2) is 10.2. The van der Waals surface area contributed by atoms with E-state index in [9.17, 15) is 22.8 Å². The van der Waals surface area contributed by atoms with Crippen LogP contribution in [-0.2, 0) is 33.3 Å². The molecular formula is C21H20Cl2F3NO3. The van der Waals surface area contributed by atoms with E-state index in [4.69, 9.17) is 27.9 Å². The molecule has 0 saturated carbocycles. The van der Waals surface area contributed by atoms with Crippen LogP contribution in [0.15, 0.2) is 42.5 Å². The van der Waals surface area contributed by atoms with Crippen molar-refractivity contribution in [3.05, 3.63) is 69.2 Å². The summed E-state index contributed by atoms with van der Waals surface area (Å²) in [4.78, 5) is 26.4. The molecule has 0 fully saturated rings. The number of esters is 1. The van der Waals surface area contributed by atoms with Crippen LogP contribution in [0.2, 0.25) is 10.0 Å². The lowest BCUT2D eigenvalue weighted by Crippen LogP contribution is -2.45. The zero-order chi connectivity index (χ0) is 22.5. The molecule has 2 rings (SSSR count). The molecule has 4 nitrogen and oxygen atoms in total. The highest BCUT2D eigenvalue weighted by Gasteiger charge is 2.32. The highest BCUT2D eigenvalue weighted by molar-refractivity contribution is 6.36. The van der Waals surface area contributed by atoms with E-state index in [1.807, 2.05) is 0 Å². The van der Waals surface area contributed by atoms with Gasteiger partial charge in [-0.15, -0.1) is 0 Å². The maximum atomic E-state index is 13.0. The molecule has 2 aromatic rings. The number of carbonyl (C=O) groups is 2. The van der Waals surface area contributed by atoms with Gasteiger partial charge in [0.15, 0.2) is 0 Å². The Morgan fingerprint density at radius 1 is 1.10 bits per heavy atom. The smallest absolute Gasteiger partial charge is 0.416 e. The van der Waals surface area contributed by atoms with Gasteiger partial charge in [-0.25, -0.2) is 4.79 Å². The number of hydrogen-bond donors (Lipinski definition) is 0. The van der Waals surface area contributed by atoms with Gasteiger partial charge in [0.05, 0.1) is 18.6 Å². The van der Waals surface area contributed by atoms with Crippen molar-refractivity contribution in [2.45, 2.75) is 32.0 Å². The molecule has 0 aliphatic rings. The van der Waals surface area contributed by atoms with E-state index in [1.165, 1.54) is 19.2 Å². The maximum absolute atomic E-state index is 13.0. The van der Waals surface area contributed by atoms with Crippen molar-refractivity contribution in [2.75, 3.05) is 13.7 Å². The van der Waals surface area contributed by atoms with Crippen molar-refractivity contribution in [3.8, 4) is 0 Å². The van der Waals surface area contributed by atoms with Crippen molar-refractivity contribution in [1.29, 1.82) is 0 Å². The Morgan fingerprint density at radius 2 is 1.70 bits per heavy atom. The topological polar surface area (TPSA) is 46.6 Å². The van der Waals surface area contributed by atoms with Gasteiger partial charge in [0.2, 0.25) is 5.91 Å². The maximum Gasteiger partial charge on any atom is 0.416 e. The quantitative estimate of drug-likeness (QED) is 0.533. The lowest BCUT2D eigenvalue weighted by atomic mass is 10.0. The molecule has 1 atom stereocenters. The number of hydrogen-bond acceptors (Lipinski definition) is 3. The molecule has 1 unspecified atom stereocenters. The summed E-state index contributed by atoms with van der Waals surface area (Å²) in [5.74, 6) is -1.19. The predicted molar refractivity (Wildman–Crippen MR) is 109 cm³/mol. The lowest BCUT2D eigenvalue weighted by Gasteiger charge is -2.27. The highest BCUT2D eigenvalue weighted by Crippen LogP contribution is 2.30. The molecule has 162 valence electrons. The van der Waals surface area contributed by atoms with Gasteiger partial charge in [0, 0.05) is 23.5 Å². The van der Waals surface area contributed by atoms with Gasteiger partial charge in [-0.1, -0.05) is 47.5 Å². The molecule has 9 heteroatoms. The Balaban J connectivity index is 2.28. The minimum absolute atomic E-state index is 0.0658. The van der Waals surface area contributed by atoms with Crippen LogP contribution in [0.5, 0.6) is 0 Å². The van der Waals surface area contributed by atoms with Crippen molar-refractivity contribution in [1.82, 2.24) is 4.90 Å². The van der Waals surface area contributed by atoms with Crippen LogP contribution in [0.3, 0.4) is 0 Å². The molecule has 0 heterocycles. The third-order valence-corrected chi connectivity index (χ3v) is 5.20. The van der Waals surface area contributed by atoms with E-state index >= 15 is 0 Å². The lowest BCUT2D eigenvalue weighted by molar-refractivity contribution is -0.153. The van der Waals surface area contributed by atoms with E-state index in [-0.39, 0.29) is 25.0 Å². The summed E-state index contributed by atoms with van der Waals surface area (Å²) in [7, 11) is 1.39. The van der Waals surface area contributed by atoms with Crippen LogP contribution >= 0.6 is 23.2 Å². The Morgan fingerprint density at radius 3 is 2.27 bits per heavy atom. The first kappa shape index (κ1) is 24.0. The number of alkyl halides is 3. The summed E-state index contributed by atoms with van der Waals surface area (Å²) in [6, 6.07) is 8.31. The Kier molecular flexibility index (Phi) is 8.15. The van der Waals surface area contributed by atoms with E-state index in [2.05, 4.69) is 0 Å². The normalized spacial score (nSPS) is 12.4. The van der Waals surface area contributed by atoms with E-state index in [0.29, 0.717) is 15.6 Å². The Labute approximate surface area is 182 Å². The molecule has 0 N–H and O–H groups in total. The fraction of sp³-hybridized carbons (Fsp3) is 0.333. The van der Waals surface area contributed by atoms with Gasteiger partial charge in [-0.2, -0.15) is 13.2 Å². The molecule has 30 heavy (non-hydrogen) atoms. The number of carbonyl (C=O) groups excluding carboxylic acids is 2. The molecule has 2 aromatic carbocycles. The predicted octanol–water partition coefficient (Wildman–Crippen LogP) is 5.19. The zero-order valence-electron chi connectivity index (χ0n) is 16.3. The standard InChI is InChI=1S/C21H20Cl2F3NO3/c1-3-30-20(29)18(11-13-6-4-7-14(10-13)21(24,25)26)27(2)19(28)12-15-16(22)8-5-9-17(15)23/h4-10,18H,3,11-12H2,1-2H3. The van der Waals surface area contributed by atoms with Gasteiger partial charge in [0.25, 0.3) is 0 Å². The summed E-state index contributed by atoms with van der Waals surface area (Å²) in [6.07, 6.45) is -4.83. The van der Waals surface area contributed by atoms with Crippen molar-refractivity contribution >= 4 is 35.1 Å². The Hall–Kier alpha value is -2.25. The summed E-state index contributed by atoms with van der Waals surface area (Å²) in [5.41, 5.74) is -0.183. The van der Waals surface area contributed by atoms with E-state index in [0.717, 1.165) is 17.0 Å². The number of halogens is 5. The van der Waals surface area contributed by atoms with Gasteiger partial charge in [0.1, 0.15) is 6.04 Å². The highest BCUT2D eigenvalue weighted by atomic mass is 35.5. The summed E-state index contributed by atoms with van der Waals surface area (Å²) >= 11 is 12.2. The van der Waals surface area contributed by atoms with Crippen LogP contribution in [0.4, 0.5) is 13.2 Å². The molecule has 0 aromatic heterocycles. The molecule has 0 aliphatic carbocycles. The minimum Gasteiger partial charge on any atom is -0.464 e.